The summed E-state index contributed by atoms with van der Waals surface area (Å²) in [5.41, 5.74) is 0. The molecule has 15 heavy (non-hydrogen) atoms. The van der Waals surface area contributed by atoms with Crippen molar-refractivity contribution in [3.05, 3.63) is 15.4 Å². The van der Waals surface area contributed by atoms with Crippen LogP contribution in [-0.2, 0) is 6.54 Å². The number of hydrogen-bond donors (Lipinski definition) is 1. The molecule has 0 saturated heterocycles. The van der Waals surface area contributed by atoms with Gasteiger partial charge in [-0.2, -0.15) is 0 Å². The number of hydrogen-bond acceptors (Lipinski definition) is 3. The van der Waals surface area contributed by atoms with Gasteiger partial charge in [0, 0.05) is 11.4 Å². The van der Waals surface area contributed by atoms with E-state index in [1.807, 2.05) is 0 Å². The Kier molecular flexibility index (Phi) is 4.05. The van der Waals surface area contributed by atoms with Crippen LogP contribution >= 0.6 is 27.3 Å². The fraction of sp³-hybridized carbons (Fsp3) is 0.636. The standard InChI is InChI=1S/C11H16BrNOS/c1-14-11-10(12)6-9(15-11)7-13-5-4-8-2-3-8/h6,8,13H,2-5,7H2,1H3. The van der Waals surface area contributed by atoms with Gasteiger partial charge in [-0.25, -0.2) is 0 Å². The molecule has 84 valence electrons. The van der Waals surface area contributed by atoms with Gasteiger partial charge < -0.3 is 10.1 Å². The molecular formula is C11H16BrNOS. The third-order valence-corrected chi connectivity index (χ3v) is 4.57. The lowest BCUT2D eigenvalue weighted by Crippen LogP contribution is -2.14. The van der Waals surface area contributed by atoms with Crippen molar-refractivity contribution < 1.29 is 4.74 Å². The Morgan fingerprint density at radius 3 is 3.00 bits per heavy atom. The molecule has 1 N–H and O–H groups in total. The van der Waals surface area contributed by atoms with Crippen LogP contribution in [0.4, 0.5) is 0 Å². The maximum absolute atomic E-state index is 5.22. The number of thiophene rings is 1. The van der Waals surface area contributed by atoms with E-state index in [9.17, 15) is 0 Å². The molecular weight excluding hydrogens is 274 g/mol. The fourth-order valence-corrected chi connectivity index (χ4v) is 3.21. The van der Waals surface area contributed by atoms with E-state index in [4.69, 9.17) is 4.74 Å². The molecule has 0 radical (unpaired) electrons. The summed E-state index contributed by atoms with van der Waals surface area (Å²) in [7, 11) is 1.71. The van der Waals surface area contributed by atoms with Gasteiger partial charge in [0.05, 0.1) is 11.6 Å². The van der Waals surface area contributed by atoms with Gasteiger partial charge in [-0.1, -0.05) is 12.8 Å². The Balaban J connectivity index is 1.71. The number of ether oxygens (including phenoxy) is 1. The first-order chi connectivity index (χ1) is 7.29. The fourth-order valence-electron chi connectivity index (χ4n) is 1.55. The lowest BCUT2D eigenvalue weighted by Gasteiger charge is -2.00. The summed E-state index contributed by atoms with van der Waals surface area (Å²) in [6.45, 7) is 2.10. The summed E-state index contributed by atoms with van der Waals surface area (Å²) in [6.07, 6.45) is 4.23. The zero-order valence-electron chi connectivity index (χ0n) is 8.88. The maximum Gasteiger partial charge on any atom is 0.188 e. The second-order valence-corrected chi connectivity index (χ2v) is 5.91. The van der Waals surface area contributed by atoms with Crippen molar-refractivity contribution in [1.29, 1.82) is 0 Å². The van der Waals surface area contributed by atoms with Crippen LogP contribution in [-0.4, -0.2) is 13.7 Å². The highest BCUT2D eigenvalue weighted by Crippen LogP contribution is 2.34. The minimum Gasteiger partial charge on any atom is -0.486 e. The van der Waals surface area contributed by atoms with Gasteiger partial charge in [0.1, 0.15) is 0 Å². The number of rotatable bonds is 6. The smallest absolute Gasteiger partial charge is 0.188 e. The van der Waals surface area contributed by atoms with E-state index >= 15 is 0 Å². The molecule has 1 fully saturated rings. The molecule has 2 nitrogen and oxygen atoms in total. The van der Waals surface area contributed by atoms with Crippen LogP contribution in [0.5, 0.6) is 5.06 Å². The molecule has 0 amide bonds. The van der Waals surface area contributed by atoms with Gasteiger partial charge in [-0.3, -0.25) is 0 Å². The molecule has 2 rings (SSSR count). The second-order valence-electron chi connectivity index (χ2n) is 3.96. The summed E-state index contributed by atoms with van der Waals surface area (Å²) in [5.74, 6) is 1.02. The molecule has 1 aliphatic carbocycles. The Morgan fingerprint density at radius 2 is 2.40 bits per heavy atom. The van der Waals surface area contributed by atoms with Crippen molar-refractivity contribution in [1.82, 2.24) is 5.32 Å². The predicted molar refractivity (Wildman–Crippen MR) is 67.6 cm³/mol. The third kappa shape index (κ3) is 3.47. The van der Waals surface area contributed by atoms with Crippen LogP contribution in [0.1, 0.15) is 24.1 Å². The third-order valence-electron chi connectivity index (χ3n) is 2.62. The molecule has 0 aliphatic heterocycles. The number of nitrogens with one attached hydrogen (secondary N) is 1. The van der Waals surface area contributed by atoms with E-state index in [-0.39, 0.29) is 0 Å². The first-order valence-electron chi connectivity index (χ1n) is 5.32. The molecule has 1 aromatic rings. The van der Waals surface area contributed by atoms with Gasteiger partial charge in [-0.15, -0.1) is 11.3 Å². The van der Waals surface area contributed by atoms with Crippen LogP contribution in [0, 0.1) is 5.92 Å². The largest absolute Gasteiger partial charge is 0.486 e. The van der Waals surface area contributed by atoms with E-state index < -0.39 is 0 Å². The predicted octanol–water partition coefficient (Wildman–Crippen LogP) is 3.41. The lowest BCUT2D eigenvalue weighted by atomic mass is 10.3. The van der Waals surface area contributed by atoms with E-state index in [0.29, 0.717) is 0 Å². The summed E-state index contributed by atoms with van der Waals surface area (Å²) in [5, 5.41) is 4.44. The van der Waals surface area contributed by atoms with Crippen LogP contribution < -0.4 is 10.1 Å². The van der Waals surface area contributed by atoms with Gasteiger partial charge in [-0.05, 0) is 40.9 Å². The molecule has 4 heteroatoms. The molecule has 1 aliphatic rings. The highest BCUT2D eigenvalue weighted by atomic mass is 79.9. The molecule has 0 atom stereocenters. The highest BCUT2D eigenvalue weighted by Gasteiger charge is 2.19. The van der Waals surface area contributed by atoms with Crippen molar-refractivity contribution in [2.45, 2.75) is 25.8 Å². The van der Waals surface area contributed by atoms with Gasteiger partial charge in [0.2, 0.25) is 0 Å². The van der Waals surface area contributed by atoms with Crippen LogP contribution in [0.25, 0.3) is 0 Å². The van der Waals surface area contributed by atoms with Gasteiger partial charge in [0.25, 0.3) is 0 Å². The average Bonchev–Trinajstić information content (AvgIpc) is 2.97. The SMILES string of the molecule is COc1sc(CNCCC2CC2)cc1Br. The molecule has 0 aromatic carbocycles. The van der Waals surface area contributed by atoms with Crippen molar-refractivity contribution in [3.8, 4) is 5.06 Å². The van der Waals surface area contributed by atoms with E-state index in [2.05, 4.69) is 27.3 Å². The van der Waals surface area contributed by atoms with E-state index in [0.717, 1.165) is 28.5 Å². The zero-order chi connectivity index (χ0) is 10.7. The van der Waals surface area contributed by atoms with Gasteiger partial charge in [0.15, 0.2) is 5.06 Å². The van der Waals surface area contributed by atoms with E-state index in [1.165, 1.54) is 24.1 Å². The quantitative estimate of drug-likeness (QED) is 0.811. The topological polar surface area (TPSA) is 21.3 Å². The summed E-state index contributed by atoms with van der Waals surface area (Å²) in [6, 6.07) is 2.13. The summed E-state index contributed by atoms with van der Waals surface area (Å²) in [4.78, 5) is 1.33. The van der Waals surface area contributed by atoms with Crippen LogP contribution in [0.3, 0.4) is 0 Å². The van der Waals surface area contributed by atoms with E-state index in [1.54, 1.807) is 18.4 Å². The molecule has 0 unspecified atom stereocenters. The van der Waals surface area contributed by atoms with Crippen molar-refractivity contribution >= 4 is 27.3 Å². The average molecular weight is 290 g/mol. The summed E-state index contributed by atoms with van der Waals surface area (Å²) >= 11 is 5.18. The monoisotopic (exact) mass is 289 g/mol. The van der Waals surface area contributed by atoms with Crippen LogP contribution in [0.2, 0.25) is 0 Å². The number of methoxy groups -OCH3 is 1. The summed E-state index contributed by atoms with van der Waals surface area (Å²) < 4.78 is 6.29. The molecule has 1 aromatic heterocycles. The number of halogens is 1. The van der Waals surface area contributed by atoms with Crippen molar-refractivity contribution in [2.24, 2.45) is 5.92 Å². The normalized spacial score (nSPS) is 15.6. The zero-order valence-corrected chi connectivity index (χ0v) is 11.3. The maximum atomic E-state index is 5.22. The Morgan fingerprint density at radius 1 is 1.60 bits per heavy atom. The molecule has 0 bridgehead atoms. The first kappa shape index (κ1) is 11.4. The second kappa shape index (κ2) is 5.32. The minimum atomic E-state index is 0.958. The van der Waals surface area contributed by atoms with Gasteiger partial charge >= 0.3 is 0 Å². The Bertz CT molecular complexity index is 322. The highest BCUT2D eigenvalue weighted by molar-refractivity contribution is 9.10. The Hall–Kier alpha value is -0.0600. The molecule has 1 heterocycles. The first-order valence-corrected chi connectivity index (χ1v) is 6.93. The molecule has 0 spiro atoms. The Labute approximate surface area is 103 Å². The minimum absolute atomic E-state index is 0.958. The molecule has 1 saturated carbocycles. The van der Waals surface area contributed by atoms with Crippen LogP contribution in [0.15, 0.2) is 10.5 Å². The van der Waals surface area contributed by atoms with Crippen molar-refractivity contribution in [3.63, 3.8) is 0 Å². The van der Waals surface area contributed by atoms with Crippen molar-refractivity contribution in [2.75, 3.05) is 13.7 Å². The lowest BCUT2D eigenvalue weighted by molar-refractivity contribution is 0.425.